The monoisotopic (exact) mass is 270 g/mol. The Hall–Kier alpha value is -1.76. The predicted octanol–water partition coefficient (Wildman–Crippen LogP) is 1.91. The summed E-state index contributed by atoms with van der Waals surface area (Å²) in [5, 5.41) is 0. The fourth-order valence-electron chi connectivity index (χ4n) is 1.46. The number of benzene rings is 2. The molecule has 2 aromatic carbocycles. The van der Waals surface area contributed by atoms with Crippen molar-refractivity contribution in [1.29, 1.82) is 0 Å². The van der Waals surface area contributed by atoms with E-state index >= 15 is 0 Å². The highest BCUT2D eigenvalue weighted by atomic mass is 32.2. The summed E-state index contributed by atoms with van der Waals surface area (Å²) in [6.45, 7) is 0. The minimum atomic E-state index is -4.17. The highest BCUT2D eigenvalue weighted by Crippen LogP contribution is 2.21. The van der Waals surface area contributed by atoms with Crippen molar-refractivity contribution in [1.82, 2.24) is 0 Å². The third-order valence-corrected chi connectivity index (χ3v) is 3.20. The van der Waals surface area contributed by atoms with Crippen molar-refractivity contribution in [2.75, 3.05) is 0 Å². The van der Waals surface area contributed by atoms with Gasteiger partial charge in [0.15, 0.2) is 0 Å². The van der Waals surface area contributed by atoms with Crippen LogP contribution >= 0.6 is 0 Å². The van der Waals surface area contributed by atoms with E-state index in [2.05, 4.69) is 0 Å². The second-order valence-corrected chi connectivity index (χ2v) is 4.93. The SMILES string of the molecule is O.O=S(=O)(O)c1ccc(-c2ccc(F)cc2)cc1. The van der Waals surface area contributed by atoms with Crippen LogP contribution in [0.2, 0.25) is 0 Å². The molecule has 3 N–H and O–H groups in total. The molecule has 0 heterocycles. The Morgan fingerprint density at radius 3 is 1.61 bits per heavy atom. The molecular weight excluding hydrogens is 259 g/mol. The van der Waals surface area contributed by atoms with Gasteiger partial charge in [0.25, 0.3) is 10.1 Å². The van der Waals surface area contributed by atoms with Crippen molar-refractivity contribution < 1.29 is 22.8 Å². The Bertz CT molecular complexity index is 618. The molecule has 0 atom stereocenters. The quantitative estimate of drug-likeness (QED) is 0.846. The number of hydrogen-bond acceptors (Lipinski definition) is 2. The molecule has 2 aromatic rings. The van der Waals surface area contributed by atoms with E-state index in [1.165, 1.54) is 24.3 Å². The molecule has 96 valence electrons. The Labute approximate surface area is 104 Å². The normalized spacial score (nSPS) is 10.8. The average Bonchev–Trinajstić information content (AvgIpc) is 2.29. The van der Waals surface area contributed by atoms with Crippen molar-refractivity contribution >= 4 is 10.1 Å². The molecule has 6 heteroatoms. The van der Waals surface area contributed by atoms with Crippen LogP contribution in [-0.4, -0.2) is 18.4 Å². The summed E-state index contributed by atoms with van der Waals surface area (Å²) in [6.07, 6.45) is 0. The molecule has 18 heavy (non-hydrogen) atoms. The van der Waals surface area contributed by atoms with Crippen LogP contribution in [0.25, 0.3) is 11.1 Å². The van der Waals surface area contributed by atoms with Gasteiger partial charge >= 0.3 is 0 Å². The first-order chi connectivity index (χ1) is 7.97. The maximum absolute atomic E-state index is 12.7. The van der Waals surface area contributed by atoms with Gasteiger partial charge in [-0.3, -0.25) is 4.55 Å². The third kappa shape index (κ3) is 3.13. The highest BCUT2D eigenvalue weighted by Gasteiger charge is 2.08. The summed E-state index contributed by atoms with van der Waals surface area (Å²) < 4.78 is 43.2. The maximum Gasteiger partial charge on any atom is 0.294 e. The fraction of sp³-hybridized carbons (Fsp3) is 0. The number of rotatable bonds is 2. The standard InChI is InChI=1S/C12H9FO3S.H2O/c13-11-5-1-9(2-6-11)10-3-7-12(8-4-10)17(14,15)16;/h1-8H,(H,14,15,16);1H2. The molecule has 0 fully saturated rings. The second-order valence-electron chi connectivity index (χ2n) is 3.51. The van der Waals surface area contributed by atoms with E-state index in [0.29, 0.717) is 0 Å². The van der Waals surface area contributed by atoms with Crippen molar-refractivity contribution in [2.45, 2.75) is 4.90 Å². The van der Waals surface area contributed by atoms with Gasteiger partial charge in [0.1, 0.15) is 5.82 Å². The molecule has 2 rings (SSSR count). The van der Waals surface area contributed by atoms with Gasteiger partial charge in [-0.25, -0.2) is 4.39 Å². The van der Waals surface area contributed by atoms with Gasteiger partial charge < -0.3 is 5.48 Å². The molecular formula is C12H11FO4S. The van der Waals surface area contributed by atoms with E-state index in [4.69, 9.17) is 4.55 Å². The van der Waals surface area contributed by atoms with Crippen LogP contribution in [0.4, 0.5) is 4.39 Å². The van der Waals surface area contributed by atoms with Crippen molar-refractivity contribution in [3.63, 3.8) is 0 Å². The minimum Gasteiger partial charge on any atom is -0.412 e. The fourth-order valence-corrected chi connectivity index (χ4v) is 1.94. The molecule has 0 amide bonds. The van der Waals surface area contributed by atoms with Crippen molar-refractivity contribution in [2.24, 2.45) is 0 Å². The molecule has 0 bridgehead atoms. The number of hydrogen-bond donors (Lipinski definition) is 1. The van der Waals surface area contributed by atoms with Crippen LogP contribution in [0.15, 0.2) is 53.4 Å². The molecule has 0 aliphatic rings. The first kappa shape index (κ1) is 14.3. The Morgan fingerprint density at radius 2 is 1.22 bits per heavy atom. The zero-order valence-electron chi connectivity index (χ0n) is 9.17. The summed E-state index contributed by atoms with van der Waals surface area (Å²) >= 11 is 0. The summed E-state index contributed by atoms with van der Waals surface area (Å²) in [5.41, 5.74) is 1.52. The van der Waals surface area contributed by atoms with Gasteiger partial charge in [-0.1, -0.05) is 24.3 Å². The van der Waals surface area contributed by atoms with Crippen molar-refractivity contribution in [3.8, 4) is 11.1 Å². The lowest BCUT2D eigenvalue weighted by Gasteiger charge is -2.02. The first-order valence-corrected chi connectivity index (χ1v) is 6.24. The van der Waals surface area contributed by atoms with Gasteiger partial charge in [0.2, 0.25) is 0 Å². The molecule has 0 saturated carbocycles. The largest absolute Gasteiger partial charge is 0.412 e. The molecule has 0 aliphatic carbocycles. The Balaban J connectivity index is 0.00000162. The van der Waals surface area contributed by atoms with Gasteiger partial charge in [0, 0.05) is 0 Å². The van der Waals surface area contributed by atoms with E-state index in [9.17, 15) is 12.8 Å². The second kappa shape index (κ2) is 5.26. The molecule has 0 aliphatic heterocycles. The zero-order chi connectivity index (χ0) is 12.5. The van der Waals surface area contributed by atoms with Gasteiger partial charge in [0.05, 0.1) is 4.90 Å². The molecule has 0 aromatic heterocycles. The van der Waals surface area contributed by atoms with Crippen LogP contribution in [0.5, 0.6) is 0 Å². The molecule has 0 saturated heterocycles. The smallest absolute Gasteiger partial charge is 0.294 e. The van der Waals surface area contributed by atoms with E-state index in [0.717, 1.165) is 11.1 Å². The average molecular weight is 270 g/mol. The maximum atomic E-state index is 12.7. The lowest BCUT2D eigenvalue weighted by atomic mass is 10.1. The summed E-state index contributed by atoms with van der Waals surface area (Å²) in [7, 11) is -4.17. The lowest BCUT2D eigenvalue weighted by Crippen LogP contribution is -1.97. The van der Waals surface area contributed by atoms with Crippen LogP contribution in [0.1, 0.15) is 0 Å². The summed E-state index contributed by atoms with van der Waals surface area (Å²) in [4.78, 5) is -0.164. The van der Waals surface area contributed by atoms with Crippen molar-refractivity contribution in [3.05, 3.63) is 54.3 Å². The van der Waals surface area contributed by atoms with Crippen LogP contribution in [0, 0.1) is 5.82 Å². The molecule has 0 spiro atoms. The lowest BCUT2D eigenvalue weighted by molar-refractivity contribution is 0.483. The predicted molar refractivity (Wildman–Crippen MR) is 65.3 cm³/mol. The molecule has 0 unspecified atom stereocenters. The first-order valence-electron chi connectivity index (χ1n) is 4.80. The Morgan fingerprint density at radius 1 is 0.833 bits per heavy atom. The van der Waals surface area contributed by atoms with Crippen LogP contribution in [-0.2, 0) is 10.1 Å². The minimum absolute atomic E-state index is 0. The van der Waals surface area contributed by atoms with E-state index in [1.807, 2.05) is 0 Å². The summed E-state index contributed by atoms with van der Waals surface area (Å²) in [6, 6.07) is 11.5. The van der Waals surface area contributed by atoms with E-state index < -0.39 is 10.1 Å². The van der Waals surface area contributed by atoms with E-state index in [1.54, 1.807) is 24.3 Å². The summed E-state index contributed by atoms with van der Waals surface area (Å²) in [5.74, 6) is -0.330. The van der Waals surface area contributed by atoms with Gasteiger partial charge in [-0.05, 0) is 35.4 Å². The highest BCUT2D eigenvalue weighted by molar-refractivity contribution is 7.85. The zero-order valence-corrected chi connectivity index (χ0v) is 9.99. The third-order valence-electron chi connectivity index (χ3n) is 2.33. The van der Waals surface area contributed by atoms with Gasteiger partial charge in [-0.15, -0.1) is 0 Å². The molecule has 0 radical (unpaired) electrons. The van der Waals surface area contributed by atoms with E-state index in [-0.39, 0.29) is 16.2 Å². The molecule has 4 nitrogen and oxygen atoms in total. The van der Waals surface area contributed by atoms with Gasteiger partial charge in [-0.2, -0.15) is 8.42 Å². The van der Waals surface area contributed by atoms with Crippen LogP contribution in [0.3, 0.4) is 0 Å². The Kier molecular flexibility index (Phi) is 4.18. The number of halogens is 1. The van der Waals surface area contributed by atoms with Crippen LogP contribution < -0.4 is 0 Å². The topological polar surface area (TPSA) is 85.9 Å².